The molecule has 0 bridgehead atoms. The maximum absolute atomic E-state index is 11.4. The molecule has 0 saturated heterocycles. The van der Waals surface area contributed by atoms with E-state index in [1.165, 1.54) is 0 Å². The average Bonchev–Trinajstić information content (AvgIpc) is 3.08. The van der Waals surface area contributed by atoms with Crippen molar-refractivity contribution in [1.82, 2.24) is 0 Å². The van der Waals surface area contributed by atoms with Crippen LogP contribution in [-0.4, -0.2) is 19.2 Å². The molecule has 17 heavy (non-hydrogen) atoms. The quantitative estimate of drug-likeness (QED) is 0.758. The third-order valence-corrected chi connectivity index (χ3v) is 3.04. The van der Waals surface area contributed by atoms with Gasteiger partial charge in [0.25, 0.3) is 0 Å². The van der Waals surface area contributed by atoms with Crippen LogP contribution in [0, 0.1) is 11.8 Å². The van der Waals surface area contributed by atoms with Gasteiger partial charge in [0.2, 0.25) is 0 Å². The lowest BCUT2D eigenvalue weighted by Gasteiger charge is -2.05. The van der Waals surface area contributed by atoms with Gasteiger partial charge in [0.1, 0.15) is 5.75 Å². The summed E-state index contributed by atoms with van der Waals surface area (Å²) in [7, 11) is 0. The number of benzene rings is 1. The van der Waals surface area contributed by atoms with Crippen LogP contribution in [0.1, 0.15) is 13.3 Å². The molecule has 0 heterocycles. The molecule has 0 aliphatic heterocycles. The van der Waals surface area contributed by atoms with E-state index in [1.807, 2.05) is 19.1 Å². The molecule has 2 atom stereocenters. The molecule has 2 unspecified atom stereocenters. The predicted molar refractivity (Wildman–Crippen MR) is 65.2 cm³/mol. The van der Waals surface area contributed by atoms with Gasteiger partial charge in [-0.3, -0.25) is 4.79 Å². The highest BCUT2D eigenvalue weighted by Crippen LogP contribution is 2.39. The molecular formula is C13H15ClO3. The van der Waals surface area contributed by atoms with Crippen LogP contribution in [0.2, 0.25) is 5.02 Å². The Balaban J connectivity index is 1.74. The van der Waals surface area contributed by atoms with Crippen LogP contribution < -0.4 is 4.74 Å². The molecule has 92 valence electrons. The van der Waals surface area contributed by atoms with Gasteiger partial charge < -0.3 is 9.47 Å². The Morgan fingerprint density at radius 1 is 1.41 bits per heavy atom. The van der Waals surface area contributed by atoms with Crippen molar-refractivity contribution in [2.75, 3.05) is 13.2 Å². The molecule has 0 amide bonds. The summed E-state index contributed by atoms with van der Waals surface area (Å²) in [5, 5.41) is 0.688. The lowest BCUT2D eigenvalue weighted by molar-refractivity contribution is -0.145. The molecule has 1 saturated carbocycles. The Labute approximate surface area is 106 Å². The molecule has 1 aliphatic carbocycles. The van der Waals surface area contributed by atoms with Crippen LogP contribution in [0.25, 0.3) is 0 Å². The normalized spacial score (nSPS) is 22.0. The Morgan fingerprint density at radius 3 is 2.76 bits per heavy atom. The van der Waals surface area contributed by atoms with E-state index in [-0.39, 0.29) is 11.9 Å². The minimum Gasteiger partial charge on any atom is -0.493 e. The molecule has 1 aromatic carbocycles. The predicted octanol–water partition coefficient (Wildman–Crippen LogP) is 2.92. The zero-order valence-electron chi connectivity index (χ0n) is 9.69. The maximum Gasteiger partial charge on any atom is 0.309 e. The summed E-state index contributed by atoms with van der Waals surface area (Å²) >= 11 is 5.77. The second-order valence-electron chi connectivity index (χ2n) is 4.12. The molecule has 0 N–H and O–H groups in total. The summed E-state index contributed by atoms with van der Waals surface area (Å²) in [6, 6.07) is 7.22. The van der Waals surface area contributed by atoms with Crippen LogP contribution in [0.3, 0.4) is 0 Å². The van der Waals surface area contributed by atoms with E-state index < -0.39 is 0 Å². The molecule has 0 aromatic heterocycles. The average molecular weight is 255 g/mol. The van der Waals surface area contributed by atoms with Crippen LogP contribution in [0.15, 0.2) is 24.3 Å². The molecule has 2 rings (SSSR count). The largest absolute Gasteiger partial charge is 0.493 e. The third kappa shape index (κ3) is 3.37. The van der Waals surface area contributed by atoms with Crippen molar-refractivity contribution in [2.45, 2.75) is 13.3 Å². The van der Waals surface area contributed by atoms with E-state index in [1.54, 1.807) is 12.1 Å². The molecular weight excluding hydrogens is 240 g/mol. The van der Waals surface area contributed by atoms with Crippen molar-refractivity contribution in [2.24, 2.45) is 11.8 Å². The van der Waals surface area contributed by atoms with Gasteiger partial charge in [-0.2, -0.15) is 0 Å². The molecule has 0 spiro atoms. The van der Waals surface area contributed by atoms with Crippen LogP contribution in [-0.2, 0) is 9.53 Å². The first-order valence-corrected chi connectivity index (χ1v) is 6.13. The van der Waals surface area contributed by atoms with Crippen molar-refractivity contribution in [1.29, 1.82) is 0 Å². The monoisotopic (exact) mass is 254 g/mol. The first-order valence-electron chi connectivity index (χ1n) is 5.75. The van der Waals surface area contributed by atoms with Crippen molar-refractivity contribution in [3.05, 3.63) is 29.3 Å². The molecule has 0 radical (unpaired) electrons. The fourth-order valence-electron chi connectivity index (χ4n) is 1.70. The fourth-order valence-corrected chi connectivity index (χ4v) is 1.83. The highest BCUT2D eigenvalue weighted by molar-refractivity contribution is 6.30. The lowest BCUT2D eigenvalue weighted by Crippen LogP contribution is -2.10. The van der Waals surface area contributed by atoms with Crippen LogP contribution in [0.5, 0.6) is 5.75 Å². The van der Waals surface area contributed by atoms with Gasteiger partial charge in [0, 0.05) is 10.9 Å². The second-order valence-corrected chi connectivity index (χ2v) is 4.56. The Kier molecular flexibility index (Phi) is 3.89. The maximum atomic E-state index is 11.4. The summed E-state index contributed by atoms with van der Waals surface area (Å²) in [5.74, 6) is 1.01. The number of hydrogen-bond acceptors (Lipinski definition) is 3. The zero-order chi connectivity index (χ0) is 12.3. The smallest absolute Gasteiger partial charge is 0.309 e. The van der Waals surface area contributed by atoms with Gasteiger partial charge in [-0.25, -0.2) is 0 Å². The van der Waals surface area contributed by atoms with Crippen molar-refractivity contribution in [3.8, 4) is 5.75 Å². The number of esters is 1. The minimum absolute atomic E-state index is 0.0299. The van der Waals surface area contributed by atoms with Crippen molar-refractivity contribution >= 4 is 17.6 Å². The second kappa shape index (κ2) is 5.41. The Hall–Kier alpha value is -1.22. The first kappa shape index (κ1) is 12.2. The van der Waals surface area contributed by atoms with Gasteiger partial charge in [0.15, 0.2) is 0 Å². The van der Waals surface area contributed by atoms with Crippen LogP contribution in [0.4, 0.5) is 0 Å². The fraction of sp³-hybridized carbons (Fsp3) is 0.462. The highest BCUT2D eigenvalue weighted by atomic mass is 35.5. The van der Waals surface area contributed by atoms with E-state index >= 15 is 0 Å². The van der Waals surface area contributed by atoms with Crippen molar-refractivity contribution in [3.63, 3.8) is 0 Å². The van der Waals surface area contributed by atoms with Gasteiger partial charge in [-0.1, -0.05) is 11.6 Å². The van der Waals surface area contributed by atoms with E-state index in [4.69, 9.17) is 21.1 Å². The summed E-state index contributed by atoms with van der Waals surface area (Å²) in [5.41, 5.74) is 0. The van der Waals surface area contributed by atoms with Gasteiger partial charge in [-0.05, 0) is 37.6 Å². The summed E-state index contributed by atoms with van der Waals surface area (Å²) in [6.07, 6.45) is 0.867. The van der Waals surface area contributed by atoms with Crippen LogP contribution >= 0.6 is 11.6 Å². The Morgan fingerprint density at radius 2 is 2.12 bits per heavy atom. The van der Waals surface area contributed by atoms with E-state index in [0.717, 1.165) is 12.2 Å². The molecule has 1 aliphatic rings. The SMILES string of the molecule is CCOC(=O)C1CC1COc1ccc(Cl)cc1. The lowest BCUT2D eigenvalue weighted by atomic mass is 10.3. The number of carbonyl (C=O) groups excluding carboxylic acids is 1. The summed E-state index contributed by atoms with van der Waals surface area (Å²) < 4.78 is 10.5. The third-order valence-electron chi connectivity index (χ3n) is 2.79. The van der Waals surface area contributed by atoms with Gasteiger partial charge in [-0.15, -0.1) is 0 Å². The van der Waals surface area contributed by atoms with Gasteiger partial charge >= 0.3 is 5.97 Å². The summed E-state index contributed by atoms with van der Waals surface area (Å²) in [6.45, 7) is 2.82. The topological polar surface area (TPSA) is 35.5 Å². The van der Waals surface area contributed by atoms with E-state index in [2.05, 4.69) is 0 Å². The molecule has 1 aromatic rings. The zero-order valence-corrected chi connectivity index (χ0v) is 10.4. The number of hydrogen-bond donors (Lipinski definition) is 0. The molecule has 4 heteroatoms. The standard InChI is InChI=1S/C13H15ClO3/c1-2-16-13(15)12-7-9(12)8-17-11-5-3-10(14)4-6-11/h3-6,9,12H,2,7-8H2,1H3. The van der Waals surface area contributed by atoms with E-state index in [0.29, 0.717) is 24.2 Å². The van der Waals surface area contributed by atoms with Crippen molar-refractivity contribution < 1.29 is 14.3 Å². The number of carbonyl (C=O) groups is 1. The van der Waals surface area contributed by atoms with E-state index in [9.17, 15) is 4.79 Å². The number of ether oxygens (including phenoxy) is 2. The number of rotatable bonds is 5. The summed E-state index contributed by atoms with van der Waals surface area (Å²) in [4.78, 5) is 11.4. The molecule has 1 fully saturated rings. The number of halogens is 1. The molecule has 3 nitrogen and oxygen atoms in total. The Bertz CT molecular complexity index is 388. The minimum atomic E-state index is -0.0998. The van der Waals surface area contributed by atoms with Gasteiger partial charge in [0.05, 0.1) is 19.1 Å². The highest BCUT2D eigenvalue weighted by Gasteiger charge is 2.44. The first-order chi connectivity index (χ1) is 8.20.